The molecule has 0 aromatic heterocycles. The molecule has 2 heterocycles. The lowest BCUT2D eigenvalue weighted by Gasteiger charge is -2.19. The molecule has 0 unspecified atom stereocenters. The van der Waals surface area contributed by atoms with E-state index in [4.69, 9.17) is 9.73 Å². The van der Waals surface area contributed by atoms with E-state index in [9.17, 15) is 10.1 Å². The quantitative estimate of drug-likeness (QED) is 0.330. The molecule has 5 rings (SSSR count). The van der Waals surface area contributed by atoms with Gasteiger partial charge < -0.3 is 15.0 Å². The minimum Gasteiger partial charge on any atom is -0.497 e. The van der Waals surface area contributed by atoms with Gasteiger partial charge in [0.25, 0.3) is 5.91 Å². The number of aliphatic imine (C=N–C) groups is 1. The first-order chi connectivity index (χ1) is 19.0. The van der Waals surface area contributed by atoms with Gasteiger partial charge in [-0.05, 0) is 54.6 Å². The van der Waals surface area contributed by atoms with Crippen molar-refractivity contribution < 1.29 is 9.53 Å². The Hall–Kier alpha value is -4.13. The molecule has 0 radical (unpaired) electrons. The van der Waals surface area contributed by atoms with Crippen molar-refractivity contribution in [3.05, 3.63) is 105 Å². The van der Waals surface area contributed by atoms with Gasteiger partial charge in [-0.3, -0.25) is 9.69 Å². The van der Waals surface area contributed by atoms with E-state index in [2.05, 4.69) is 16.8 Å². The second-order valence-corrected chi connectivity index (χ2v) is 10.6. The van der Waals surface area contributed by atoms with Crippen molar-refractivity contribution in [2.24, 2.45) is 4.99 Å². The fourth-order valence-corrected chi connectivity index (χ4v) is 6.53. The monoisotopic (exact) mass is 553 g/mol. The molecule has 7 nitrogen and oxygen atoms in total. The standard InChI is InChI=1S/C30H27N5O2S2/c1-4-32-24-14-13-21(17-31)15-25(24)33-30-35(18-20-9-6-5-7-10-20)28(36)27(39-30)29-34(2)26(19-38-29)22-11-8-12-23(16-22)37-3/h5-16,19,32H,4,18H2,1-3H3/b29-27-,33-30?. The van der Waals surface area contributed by atoms with Gasteiger partial charge in [-0.1, -0.05) is 54.2 Å². The summed E-state index contributed by atoms with van der Waals surface area (Å²) in [5, 5.41) is 16.3. The van der Waals surface area contributed by atoms with E-state index in [0.29, 0.717) is 34.4 Å². The Morgan fingerprint density at radius 1 is 1.08 bits per heavy atom. The number of nitriles is 1. The average molecular weight is 554 g/mol. The fraction of sp³-hybridized carbons (Fsp3) is 0.167. The molecular formula is C30H27N5O2S2. The van der Waals surface area contributed by atoms with Crippen molar-refractivity contribution in [3.8, 4) is 11.8 Å². The number of anilines is 1. The summed E-state index contributed by atoms with van der Waals surface area (Å²) in [6, 6.07) is 25.3. The lowest BCUT2D eigenvalue weighted by atomic mass is 10.1. The van der Waals surface area contributed by atoms with E-state index >= 15 is 0 Å². The molecule has 2 aliphatic heterocycles. The minimum absolute atomic E-state index is 0.0984. The van der Waals surface area contributed by atoms with Gasteiger partial charge in [0.15, 0.2) is 5.17 Å². The van der Waals surface area contributed by atoms with Gasteiger partial charge >= 0.3 is 0 Å². The molecule has 9 heteroatoms. The molecule has 196 valence electrons. The molecule has 1 fully saturated rings. The zero-order valence-electron chi connectivity index (χ0n) is 21.8. The van der Waals surface area contributed by atoms with Crippen LogP contribution in [-0.2, 0) is 11.3 Å². The van der Waals surface area contributed by atoms with Gasteiger partial charge in [-0.25, -0.2) is 4.99 Å². The highest BCUT2D eigenvalue weighted by molar-refractivity contribution is 8.19. The summed E-state index contributed by atoms with van der Waals surface area (Å²) in [4.78, 5) is 23.3. The Labute approximate surface area is 236 Å². The maximum atomic E-state index is 13.9. The van der Waals surface area contributed by atoms with Crippen molar-refractivity contribution in [3.63, 3.8) is 0 Å². The fourth-order valence-electron chi connectivity index (χ4n) is 4.29. The number of amides is 1. The predicted octanol–water partition coefficient (Wildman–Crippen LogP) is 6.61. The number of benzene rings is 3. The number of carbonyl (C=O) groups excluding carboxylic acids is 1. The van der Waals surface area contributed by atoms with Crippen LogP contribution in [0.15, 0.2) is 93.1 Å². The summed E-state index contributed by atoms with van der Waals surface area (Å²) in [5.74, 6) is 0.678. The van der Waals surface area contributed by atoms with E-state index < -0.39 is 0 Å². The van der Waals surface area contributed by atoms with E-state index in [1.54, 1.807) is 24.1 Å². The van der Waals surface area contributed by atoms with Crippen molar-refractivity contribution in [1.82, 2.24) is 9.80 Å². The van der Waals surface area contributed by atoms with Crippen LogP contribution in [-0.4, -0.2) is 41.6 Å². The summed E-state index contributed by atoms with van der Waals surface area (Å²) < 4.78 is 5.41. The second kappa shape index (κ2) is 11.7. The van der Waals surface area contributed by atoms with Crippen molar-refractivity contribution >= 4 is 51.7 Å². The van der Waals surface area contributed by atoms with E-state index in [0.717, 1.165) is 33.3 Å². The van der Waals surface area contributed by atoms with Crippen LogP contribution in [0.2, 0.25) is 0 Å². The number of carbonyl (C=O) groups is 1. The van der Waals surface area contributed by atoms with E-state index in [-0.39, 0.29) is 5.91 Å². The van der Waals surface area contributed by atoms with Crippen LogP contribution in [0, 0.1) is 11.3 Å². The first kappa shape index (κ1) is 26.5. The molecule has 3 aromatic rings. The Kier molecular flexibility index (Phi) is 7.96. The predicted molar refractivity (Wildman–Crippen MR) is 160 cm³/mol. The zero-order valence-corrected chi connectivity index (χ0v) is 23.5. The second-order valence-electron chi connectivity index (χ2n) is 8.79. The summed E-state index contributed by atoms with van der Waals surface area (Å²) >= 11 is 2.89. The number of hydrogen-bond acceptors (Lipinski definition) is 8. The SMILES string of the molecule is CCNc1ccc(C#N)cc1N=C1S/C(=C2\SC=C(c3cccc(OC)c3)N2C)C(=O)N1Cc1ccccc1. The maximum Gasteiger partial charge on any atom is 0.269 e. The van der Waals surface area contributed by atoms with Crippen LogP contribution in [0.4, 0.5) is 11.4 Å². The lowest BCUT2D eigenvalue weighted by Crippen LogP contribution is -2.29. The molecule has 0 aliphatic carbocycles. The molecule has 2 aliphatic rings. The third-order valence-corrected chi connectivity index (χ3v) is 8.50. The van der Waals surface area contributed by atoms with Crippen LogP contribution in [0.1, 0.15) is 23.6 Å². The Balaban J connectivity index is 1.54. The Morgan fingerprint density at radius 2 is 1.90 bits per heavy atom. The third-order valence-electron chi connectivity index (χ3n) is 6.27. The molecule has 0 spiro atoms. The van der Waals surface area contributed by atoms with Crippen LogP contribution in [0.5, 0.6) is 5.75 Å². The highest BCUT2D eigenvalue weighted by Gasteiger charge is 2.38. The molecule has 1 N–H and O–H groups in total. The van der Waals surface area contributed by atoms with E-state index in [1.165, 1.54) is 23.5 Å². The maximum absolute atomic E-state index is 13.9. The van der Waals surface area contributed by atoms with Crippen LogP contribution < -0.4 is 10.1 Å². The molecule has 39 heavy (non-hydrogen) atoms. The number of rotatable bonds is 7. The van der Waals surface area contributed by atoms with Gasteiger partial charge in [0.1, 0.15) is 10.7 Å². The number of thioether (sulfide) groups is 2. The first-order valence-electron chi connectivity index (χ1n) is 12.4. The molecule has 1 saturated heterocycles. The van der Waals surface area contributed by atoms with Gasteiger partial charge in [0, 0.05) is 24.6 Å². The van der Waals surface area contributed by atoms with Gasteiger partial charge in [-0.15, -0.1) is 0 Å². The number of methoxy groups -OCH3 is 1. The highest BCUT2D eigenvalue weighted by Crippen LogP contribution is 2.46. The van der Waals surface area contributed by atoms with Crippen LogP contribution >= 0.6 is 23.5 Å². The van der Waals surface area contributed by atoms with Crippen molar-refractivity contribution in [2.45, 2.75) is 13.5 Å². The molecular weight excluding hydrogens is 526 g/mol. The first-order valence-corrected chi connectivity index (χ1v) is 14.1. The third kappa shape index (κ3) is 5.53. The zero-order chi connectivity index (χ0) is 27.4. The summed E-state index contributed by atoms with van der Waals surface area (Å²) in [6.45, 7) is 3.10. The number of hydrogen-bond donors (Lipinski definition) is 1. The molecule has 0 bridgehead atoms. The highest BCUT2D eigenvalue weighted by atomic mass is 32.2. The molecule has 0 atom stereocenters. The van der Waals surface area contributed by atoms with Gasteiger partial charge in [-0.2, -0.15) is 5.26 Å². The lowest BCUT2D eigenvalue weighted by molar-refractivity contribution is -0.122. The van der Waals surface area contributed by atoms with Crippen LogP contribution in [0.3, 0.4) is 0 Å². The largest absolute Gasteiger partial charge is 0.497 e. The van der Waals surface area contributed by atoms with Gasteiger partial charge in [0.05, 0.1) is 47.4 Å². The molecule has 3 aromatic carbocycles. The number of amidine groups is 1. The van der Waals surface area contributed by atoms with Crippen molar-refractivity contribution in [2.75, 3.05) is 26.0 Å². The van der Waals surface area contributed by atoms with E-state index in [1.807, 2.05) is 79.5 Å². The van der Waals surface area contributed by atoms with Gasteiger partial charge in [0.2, 0.25) is 0 Å². The molecule has 0 saturated carbocycles. The smallest absolute Gasteiger partial charge is 0.269 e. The number of nitrogens with zero attached hydrogens (tertiary/aromatic N) is 4. The Morgan fingerprint density at radius 3 is 2.64 bits per heavy atom. The Bertz CT molecular complexity index is 1540. The number of ether oxygens (including phenoxy) is 1. The number of nitrogens with one attached hydrogen (secondary N) is 1. The summed E-state index contributed by atoms with van der Waals surface area (Å²) in [5.41, 5.74) is 4.95. The van der Waals surface area contributed by atoms with Crippen molar-refractivity contribution in [1.29, 1.82) is 5.26 Å². The molecule has 1 amide bonds. The van der Waals surface area contributed by atoms with Crippen LogP contribution in [0.25, 0.3) is 5.70 Å². The topological polar surface area (TPSA) is 81.0 Å². The average Bonchev–Trinajstić information content (AvgIpc) is 3.49. The minimum atomic E-state index is -0.0984. The normalized spacial score (nSPS) is 17.9. The summed E-state index contributed by atoms with van der Waals surface area (Å²) in [6.07, 6.45) is 0. The summed E-state index contributed by atoms with van der Waals surface area (Å²) in [7, 11) is 3.62.